The number of pyridine rings is 4. The van der Waals surface area contributed by atoms with Crippen molar-refractivity contribution in [3.63, 3.8) is 0 Å². The molecule has 0 aliphatic rings. The lowest BCUT2D eigenvalue weighted by Crippen LogP contribution is -3.00. The fraction of sp³-hybridized carbons (Fsp3) is 0.429. The van der Waals surface area contributed by atoms with Crippen LogP contribution < -0.4 is 86.2 Å². The van der Waals surface area contributed by atoms with Gasteiger partial charge < -0.3 is 88.4 Å². The molecule has 6 rings (SSSR count). The number of unbranched alkanes of at least 4 members (excludes halogenated alkanes) is 8. The third-order valence-electron chi connectivity index (χ3n) is 14.9. The average molecular weight is 1860 g/mol. The SMILES string of the molecule is BrCCCC#Cc1cc(C#CCCCBr)c(C#CCCCBr)cc1C#CCCCBr.OCCCc1ccc[n+](CCCC#Cc2cc(C#CCCC[n+]3cccc(CCCO)c3)c(C#CCCC[n+]3cccc(CCCO)c3)cc2C#CCCC[n+]2cccc(CCCO)c2)c1.[Br-].[Br-].[Br-].[Br-]. The van der Waals surface area contributed by atoms with E-state index in [4.69, 9.17) is 0 Å². The molecule has 0 fully saturated rings. The number of aryl methyl sites for hydroxylation is 8. The van der Waals surface area contributed by atoms with Crippen molar-refractivity contribution in [1.29, 1.82) is 0 Å². The predicted molar refractivity (Wildman–Crippen MR) is 405 cm³/mol. The first-order chi connectivity index (χ1) is 47.3. The topological polar surface area (TPSA) is 96.4 Å². The van der Waals surface area contributed by atoms with E-state index >= 15 is 0 Å². The molecule has 0 unspecified atom stereocenters. The van der Waals surface area contributed by atoms with Crippen LogP contribution in [-0.2, 0) is 51.9 Å². The normalized spacial score (nSPS) is 9.68. The molecule has 100 heavy (non-hydrogen) atoms. The van der Waals surface area contributed by atoms with Gasteiger partial charge in [-0.3, -0.25) is 0 Å². The van der Waals surface area contributed by atoms with Gasteiger partial charge in [0.2, 0.25) is 0 Å². The van der Waals surface area contributed by atoms with Gasteiger partial charge in [0, 0.05) is 216 Å². The summed E-state index contributed by atoms with van der Waals surface area (Å²) < 4.78 is 8.82. The number of aliphatic hydroxyl groups excluding tert-OH is 4. The second kappa shape index (κ2) is 61.7. The minimum atomic E-state index is 0. The number of rotatable bonds is 32. The number of alkyl halides is 4. The van der Waals surface area contributed by atoms with Gasteiger partial charge >= 0.3 is 0 Å². The Morgan fingerprint density at radius 1 is 0.260 bits per heavy atom. The van der Waals surface area contributed by atoms with Crippen molar-refractivity contribution in [1.82, 2.24) is 0 Å². The summed E-state index contributed by atoms with van der Waals surface area (Å²) in [6, 6.07) is 25.1. The lowest BCUT2D eigenvalue weighted by Gasteiger charge is -2.04. The maximum absolute atomic E-state index is 9.28. The molecule has 0 bridgehead atoms. The van der Waals surface area contributed by atoms with E-state index < -0.39 is 0 Å². The fourth-order valence-electron chi connectivity index (χ4n) is 9.89. The molecule has 4 heterocycles. The van der Waals surface area contributed by atoms with Gasteiger partial charge in [0.1, 0.15) is 26.2 Å². The minimum Gasteiger partial charge on any atom is -1.00 e. The molecule has 16 heteroatoms. The first-order valence-electron chi connectivity index (χ1n) is 34.2. The fourth-order valence-corrected chi connectivity index (χ4v) is 11.0. The van der Waals surface area contributed by atoms with Crippen LogP contribution in [-0.4, -0.2) is 68.2 Å². The van der Waals surface area contributed by atoms with Crippen LogP contribution in [0, 0.1) is 94.7 Å². The van der Waals surface area contributed by atoms with Gasteiger partial charge in [-0.25, -0.2) is 18.3 Å². The molecule has 0 spiro atoms. The Balaban J connectivity index is 0.00000124. The smallest absolute Gasteiger partial charge is 0.171 e. The largest absolute Gasteiger partial charge is 1.00 e. The van der Waals surface area contributed by atoms with E-state index in [9.17, 15) is 20.4 Å². The summed E-state index contributed by atoms with van der Waals surface area (Å²) >= 11 is 13.9. The highest BCUT2D eigenvalue weighted by Crippen LogP contribution is 2.19. The molecule has 0 saturated heterocycles. The van der Waals surface area contributed by atoms with Crippen LogP contribution in [0.4, 0.5) is 0 Å². The van der Waals surface area contributed by atoms with E-state index in [0.717, 1.165) is 246 Å². The lowest BCUT2D eigenvalue weighted by atomic mass is 9.98. The molecule has 2 aromatic carbocycles. The third kappa shape index (κ3) is 40.9. The molecule has 0 aliphatic heterocycles. The van der Waals surface area contributed by atoms with E-state index in [2.05, 4.69) is 299 Å². The van der Waals surface area contributed by atoms with Gasteiger partial charge in [0.15, 0.2) is 49.6 Å². The van der Waals surface area contributed by atoms with E-state index in [-0.39, 0.29) is 94.4 Å². The second-order valence-corrected chi connectivity index (χ2v) is 26.2. The Kier molecular flexibility index (Phi) is 57.5. The Hall–Kier alpha value is -4.80. The van der Waals surface area contributed by atoms with Crippen LogP contribution in [0.3, 0.4) is 0 Å². The highest BCUT2D eigenvalue weighted by atomic mass is 79.9. The number of halogens is 8. The summed E-state index contributed by atoms with van der Waals surface area (Å²) in [5.74, 6) is 54.2. The zero-order valence-electron chi connectivity index (χ0n) is 57.6. The minimum absolute atomic E-state index is 0. The number of benzene rings is 2. The van der Waals surface area contributed by atoms with Crippen LogP contribution >= 0.6 is 63.7 Å². The Morgan fingerprint density at radius 3 is 0.610 bits per heavy atom. The quantitative estimate of drug-likeness (QED) is 0.0224. The van der Waals surface area contributed by atoms with Crippen molar-refractivity contribution in [2.24, 2.45) is 0 Å². The van der Waals surface area contributed by atoms with Crippen molar-refractivity contribution in [3.8, 4) is 94.7 Å². The first kappa shape index (κ1) is 93.2. The molecule has 0 atom stereocenters. The summed E-state index contributed by atoms with van der Waals surface area (Å²) in [6.45, 7) is 4.23. The summed E-state index contributed by atoms with van der Waals surface area (Å²) in [7, 11) is 0. The lowest BCUT2D eigenvalue weighted by molar-refractivity contribution is -0.697. The number of hydrogen-bond donors (Lipinski definition) is 4. The van der Waals surface area contributed by atoms with Gasteiger partial charge in [0.05, 0.1) is 0 Å². The molecule has 0 radical (unpaired) electrons. The summed E-state index contributed by atoms with van der Waals surface area (Å²) in [5, 5.41) is 41.0. The monoisotopic (exact) mass is 1860 g/mol. The van der Waals surface area contributed by atoms with Crippen molar-refractivity contribution in [3.05, 3.63) is 189 Å². The molecular formula is C84H96Br8N4O4. The molecule has 4 aromatic heterocycles. The van der Waals surface area contributed by atoms with Crippen LogP contribution in [0.5, 0.6) is 0 Å². The predicted octanol–water partition coefficient (Wildman–Crippen LogP) is 1.67. The molecule has 8 nitrogen and oxygen atoms in total. The van der Waals surface area contributed by atoms with E-state index in [1.165, 1.54) is 22.3 Å². The number of aliphatic hydroxyl groups is 4. The highest BCUT2D eigenvalue weighted by Gasteiger charge is 2.11. The standard InChI is InChI=1S/C58H70N4O4.C26H26Br4.4BrH/c63-41-17-25-51-21-13-37-59(47-51)33-9-1-5-29-55-45-57(31-7-3-11-35-61-39-15-23-53(49-61)27-19-43-65)58(32-8-4-12-36-62-40-16-24-54(50-62)28-20-44-66)46-56(55)30-6-2-10-34-60-38-14-22-52(48-60)26-18-42-64;27-17-9-1-5-13-23-21-25(15-7-3-11-19-29)26(16-8-4-12-20-30)22-24(23)14-6-2-10-18-28;;;;/h13-16,21-24,37-40,45-50,63-66H,1-4,9-12,17-20,25-28,33-36,41-44H2;21-22H,1-4,9-12,17-20H2;4*1H/q+4;;;;;/p-4. The van der Waals surface area contributed by atoms with Crippen molar-refractivity contribution < 1.29 is 107 Å². The Bertz CT molecular complexity index is 3370. The van der Waals surface area contributed by atoms with Crippen LogP contribution in [0.25, 0.3) is 0 Å². The second-order valence-electron chi connectivity index (χ2n) is 23.0. The zero-order valence-corrected chi connectivity index (χ0v) is 70.3. The van der Waals surface area contributed by atoms with E-state index in [1.54, 1.807) is 0 Å². The molecule has 0 saturated carbocycles. The molecule has 0 aliphatic carbocycles. The molecule has 4 N–H and O–H groups in total. The van der Waals surface area contributed by atoms with Gasteiger partial charge in [0.25, 0.3) is 0 Å². The van der Waals surface area contributed by atoms with Gasteiger partial charge in [-0.05, 0) is 126 Å². The van der Waals surface area contributed by atoms with Gasteiger partial charge in [-0.1, -0.05) is 158 Å². The number of aromatic nitrogens is 4. The summed E-state index contributed by atoms with van der Waals surface area (Å²) in [4.78, 5) is 0. The molecule has 6 aromatic rings. The van der Waals surface area contributed by atoms with Crippen LogP contribution in [0.15, 0.2) is 122 Å². The first-order valence-corrected chi connectivity index (χ1v) is 38.7. The number of hydrogen-bond acceptors (Lipinski definition) is 4. The molecule has 532 valence electrons. The zero-order chi connectivity index (χ0) is 68.1. The van der Waals surface area contributed by atoms with Gasteiger partial charge in [-0.2, -0.15) is 0 Å². The Morgan fingerprint density at radius 2 is 0.440 bits per heavy atom. The highest BCUT2D eigenvalue weighted by molar-refractivity contribution is 9.09. The summed E-state index contributed by atoms with van der Waals surface area (Å²) in [6.07, 6.45) is 37.7. The molecule has 0 amide bonds. The molecular weight excluding hydrogens is 1770 g/mol. The maximum Gasteiger partial charge on any atom is 0.171 e. The van der Waals surface area contributed by atoms with Crippen LogP contribution in [0.1, 0.15) is 195 Å². The average Bonchev–Trinajstić information content (AvgIpc) is 0.837. The van der Waals surface area contributed by atoms with Crippen molar-refractivity contribution in [2.75, 3.05) is 47.7 Å². The van der Waals surface area contributed by atoms with Crippen molar-refractivity contribution in [2.45, 2.75) is 180 Å². The van der Waals surface area contributed by atoms with Gasteiger partial charge in [-0.15, -0.1) is 0 Å². The van der Waals surface area contributed by atoms with Crippen molar-refractivity contribution >= 4 is 63.7 Å². The van der Waals surface area contributed by atoms with Crippen LogP contribution in [0.2, 0.25) is 0 Å². The number of nitrogens with zero attached hydrogens (tertiary/aromatic N) is 4. The maximum atomic E-state index is 9.28. The van der Waals surface area contributed by atoms with E-state index in [0.29, 0.717) is 0 Å². The Labute approximate surface area is 675 Å². The summed E-state index contributed by atoms with van der Waals surface area (Å²) in [5.41, 5.74) is 12.2. The third-order valence-corrected chi connectivity index (χ3v) is 17.1. The van der Waals surface area contributed by atoms with E-state index in [1.807, 2.05) is 0 Å².